The van der Waals surface area contributed by atoms with Crippen LogP contribution in [0.4, 0.5) is 14.5 Å². The highest BCUT2D eigenvalue weighted by atomic mass is 79.9. The molecular weight excluding hydrogens is 274 g/mol. The molecule has 82 valence electrons. The molecule has 0 aliphatic rings. The first-order chi connectivity index (χ1) is 6.97. The Hall–Kier alpha value is -1.24. The Balaban J connectivity index is 3.40. The van der Waals surface area contributed by atoms with Crippen molar-refractivity contribution in [3.05, 3.63) is 23.0 Å². The van der Waals surface area contributed by atoms with E-state index < -0.39 is 23.8 Å². The number of anilines is 1. The standard InChI is InChI=1S/C8H7BrF2N2O2/c9-2-3-1-4(8(14)15)5(12)6(13-3)7(10)11/h1,7H,2,12H2,(H,14,15). The van der Waals surface area contributed by atoms with E-state index in [9.17, 15) is 13.6 Å². The third-order valence-electron chi connectivity index (χ3n) is 1.72. The predicted octanol–water partition coefficient (Wildman–Crippen LogP) is 2.19. The van der Waals surface area contributed by atoms with Crippen molar-refractivity contribution in [2.45, 2.75) is 11.8 Å². The second-order valence-electron chi connectivity index (χ2n) is 2.70. The van der Waals surface area contributed by atoms with E-state index in [4.69, 9.17) is 10.8 Å². The molecule has 0 fully saturated rings. The zero-order chi connectivity index (χ0) is 11.6. The minimum Gasteiger partial charge on any atom is -0.478 e. The van der Waals surface area contributed by atoms with Crippen molar-refractivity contribution in [1.29, 1.82) is 0 Å². The fourth-order valence-corrected chi connectivity index (χ4v) is 1.33. The monoisotopic (exact) mass is 280 g/mol. The first-order valence-electron chi connectivity index (χ1n) is 3.84. The van der Waals surface area contributed by atoms with Crippen molar-refractivity contribution in [1.82, 2.24) is 4.98 Å². The van der Waals surface area contributed by atoms with Crippen LogP contribution in [0.3, 0.4) is 0 Å². The molecule has 0 unspecified atom stereocenters. The Bertz CT molecular complexity index is 398. The van der Waals surface area contributed by atoms with Crippen molar-refractivity contribution in [2.75, 3.05) is 5.73 Å². The maximum absolute atomic E-state index is 12.4. The number of aromatic carboxylic acids is 1. The lowest BCUT2D eigenvalue weighted by Gasteiger charge is -2.08. The Labute approximate surface area is 92.2 Å². The number of halogens is 3. The molecule has 0 saturated carbocycles. The zero-order valence-electron chi connectivity index (χ0n) is 7.38. The van der Waals surface area contributed by atoms with Crippen LogP contribution in [0.5, 0.6) is 0 Å². The highest BCUT2D eigenvalue weighted by molar-refractivity contribution is 9.08. The van der Waals surface area contributed by atoms with Crippen molar-refractivity contribution >= 4 is 27.6 Å². The van der Waals surface area contributed by atoms with Gasteiger partial charge in [0, 0.05) is 5.33 Å². The summed E-state index contributed by atoms with van der Waals surface area (Å²) in [6.45, 7) is 0. The van der Waals surface area contributed by atoms with Crippen molar-refractivity contribution in [3.63, 3.8) is 0 Å². The summed E-state index contributed by atoms with van der Waals surface area (Å²) in [5.74, 6) is -1.35. The molecule has 3 N–H and O–H groups in total. The normalized spacial score (nSPS) is 10.7. The van der Waals surface area contributed by atoms with E-state index in [1.54, 1.807) is 0 Å². The summed E-state index contributed by atoms with van der Waals surface area (Å²) in [6, 6.07) is 1.16. The van der Waals surface area contributed by atoms with Crippen molar-refractivity contribution in [2.24, 2.45) is 0 Å². The topological polar surface area (TPSA) is 76.2 Å². The SMILES string of the molecule is Nc1c(C(=O)O)cc(CBr)nc1C(F)F. The molecule has 1 aromatic heterocycles. The zero-order valence-corrected chi connectivity index (χ0v) is 8.96. The highest BCUT2D eigenvalue weighted by Gasteiger charge is 2.20. The number of pyridine rings is 1. The summed E-state index contributed by atoms with van der Waals surface area (Å²) in [7, 11) is 0. The van der Waals surface area contributed by atoms with Gasteiger partial charge in [0.15, 0.2) is 0 Å². The molecule has 0 spiro atoms. The lowest BCUT2D eigenvalue weighted by atomic mass is 10.1. The Morgan fingerprint density at radius 2 is 2.27 bits per heavy atom. The molecule has 0 atom stereocenters. The van der Waals surface area contributed by atoms with Crippen LogP contribution in [0.1, 0.15) is 28.2 Å². The largest absolute Gasteiger partial charge is 0.478 e. The van der Waals surface area contributed by atoms with Crippen LogP contribution in [0, 0.1) is 0 Å². The summed E-state index contributed by atoms with van der Waals surface area (Å²) >= 11 is 3.01. The van der Waals surface area contributed by atoms with Crippen LogP contribution in [-0.4, -0.2) is 16.1 Å². The van der Waals surface area contributed by atoms with Crippen molar-refractivity contribution < 1.29 is 18.7 Å². The molecule has 1 aromatic rings. The summed E-state index contributed by atoms with van der Waals surface area (Å²) in [5.41, 5.74) is 3.95. The van der Waals surface area contributed by atoms with Gasteiger partial charge in [-0.2, -0.15) is 0 Å². The minimum absolute atomic E-state index is 0.188. The van der Waals surface area contributed by atoms with Gasteiger partial charge in [-0.15, -0.1) is 0 Å². The van der Waals surface area contributed by atoms with Gasteiger partial charge in [0.25, 0.3) is 6.43 Å². The van der Waals surface area contributed by atoms with Crippen LogP contribution in [-0.2, 0) is 5.33 Å². The number of hydrogen-bond acceptors (Lipinski definition) is 3. The summed E-state index contributed by atoms with van der Waals surface area (Å²) in [4.78, 5) is 14.2. The number of nitrogens with two attached hydrogens (primary N) is 1. The van der Waals surface area contributed by atoms with Gasteiger partial charge in [0.05, 0.1) is 16.9 Å². The van der Waals surface area contributed by atoms with E-state index in [1.807, 2.05) is 0 Å². The Kier molecular flexibility index (Phi) is 3.57. The quantitative estimate of drug-likeness (QED) is 0.833. The van der Waals surface area contributed by atoms with Gasteiger partial charge in [-0.25, -0.2) is 18.6 Å². The molecule has 0 bridgehead atoms. The molecule has 4 nitrogen and oxygen atoms in total. The van der Waals surface area contributed by atoms with E-state index in [0.717, 1.165) is 6.07 Å². The van der Waals surface area contributed by atoms with Gasteiger partial charge in [-0.05, 0) is 6.07 Å². The number of nitrogens with zero attached hydrogens (tertiary/aromatic N) is 1. The number of nitrogen functional groups attached to an aromatic ring is 1. The smallest absolute Gasteiger partial charge is 0.337 e. The number of carbonyl (C=O) groups is 1. The lowest BCUT2D eigenvalue weighted by Crippen LogP contribution is -2.09. The van der Waals surface area contributed by atoms with Crippen LogP contribution < -0.4 is 5.73 Å². The van der Waals surface area contributed by atoms with Gasteiger partial charge in [0.1, 0.15) is 5.69 Å². The fraction of sp³-hybridized carbons (Fsp3) is 0.250. The van der Waals surface area contributed by atoms with Gasteiger partial charge < -0.3 is 10.8 Å². The third-order valence-corrected chi connectivity index (χ3v) is 2.29. The van der Waals surface area contributed by atoms with E-state index in [0.29, 0.717) is 0 Å². The molecule has 0 saturated heterocycles. The molecule has 15 heavy (non-hydrogen) atoms. The maximum Gasteiger partial charge on any atom is 0.337 e. The Morgan fingerprint density at radius 1 is 1.67 bits per heavy atom. The van der Waals surface area contributed by atoms with E-state index >= 15 is 0 Å². The molecule has 0 amide bonds. The second-order valence-corrected chi connectivity index (χ2v) is 3.26. The summed E-state index contributed by atoms with van der Waals surface area (Å²) in [6.07, 6.45) is -2.89. The van der Waals surface area contributed by atoms with Crippen LogP contribution >= 0.6 is 15.9 Å². The molecule has 0 radical (unpaired) electrons. The highest BCUT2D eigenvalue weighted by Crippen LogP contribution is 2.27. The molecule has 0 aromatic carbocycles. The van der Waals surface area contributed by atoms with Gasteiger partial charge in [-0.3, -0.25) is 0 Å². The minimum atomic E-state index is -2.89. The number of aromatic nitrogens is 1. The van der Waals surface area contributed by atoms with Gasteiger partial charge >= 0.3 is 5.97 Å². The van der Waals surface area contributed by atoms with Crippen LogP contribution in [0.15, 0.2) is 6.07 Å². The third kappa shape index (κ3) is 2.41. The first-order valence-corrected chi connectivity index (χ1v) is 4.96. The fourth-order valence-electron chi connectivity index (χ4n) is 1.04. The van der Waals surface area contributed by atoms with E-state index in [-0.39, 0.29) is 16.6 Å². The number of hydrogen-bond donors (Lipinski definition) is 2. The predicted molar refractivity (Wildman–Crippen MR) is 53.2 cm³/mol. The first kappa shape index (κ1) is 11.8. The average molecular weight is 281 g/mol. The number of rotatable bonds is 3. The molecular formula is C8H7BrF2N2O2. The van der Waals surface area contributed by atoms with Crippen LogP contribution in [0.2, 0.25) is 0 Å². The van der Waals surface area contributed by atoms with Gasteiger partial charge in [-0.1, -0.05) is 15.9 Å². The van der Waals surface area contributed by atoms with Crippen LogP contribution in [0.25, 0.3) is 0 Å². The maximum atomic E-state index is 12.4. The average Bonchev–Trinajstić information content (AvgIpc) is 2.17. The Morgan fingerprint density at radius 3 is 2.67 bits per heavy atom. The summed E-state index contributed by atoms with van der Waals surface area (Å²) in [5, 5.41) is 8.91. The summed E-state index contributed by atoms with van der Waals surface area (Å²) < 4.78 is 24.9. The molecule has 1 heterocycles. The second kappa shape index (κ2) is 4.52. The molecule has 0 aliphatic heterocycles. The number of carboxylic acid groups (broad SMARTS) is 1. The molecule has 0 aliphatic carbocycles. The van der Waals surface area contributed by atoms with E-state index in [1.165, 1.54) is 0 Å². The van der Waals surface area contributed by atoms with Crippen molar-refractivity contribution in [3.8, 4) is 0 Å². The van der Waals surface area contributed by atoms with Gasteiger partial charge in [0.2, 0.25) is 0 Å². The lowest BCUT2D eigenvalue weighted by molar-refractivity contribution is 0.0697. The van der Waals surface area contributed by atoms with E-state index in [2.05, 4.69) is 20.9 Å². The molecule has 1 rings (SSSR count). The number of carboxylic acids is 1. The molecule has 7 heteroatoms. The number of alkyl halides is 3.